The molecule has 3 aliphatic rings. The van der Waals surface area contributed by atoms with Crippen molar-refractivity contribution in [2.24, 2.45) is 16.3 Å². The van der Waals surface area contributed by atoms with Crippen LogP contribution in [0.3, 0.4) is 0 Å². The molecule has 0 aromatic rings. The van der Waals surface area contributed by atoms with Gasteiger partial charge in [0.15, 0.2) is 0 Å². The third-order valence-electron chi connectivity index (χ3n) is 8.08. The van der Waals surface area contributed by atoms with Crippen LogP contribution in [-0.4, -0.2) is 92.4 Å². The van der Waals surface area contributed by atoms with Gasteiger partial charge in [-0.05, 0) is 76.4 Å². The first-order valence-corrected chi connectivity index (χ1v) is 13.9. The number of nitriles is 1. The molecule has 2 saturated heterocycles. The summed E-state index contributed by atoms with van der Waals surface area (Å²) < 4.78 is 11.0. The Morgan fingerprint density at radius 2 is 1.89 bits per heavy atom. The SMILES string of the molecule is CCC(C)(C)CCC(/N=C(/NC(=O)OCCC1CCN(C)CC1)N1CCOCC1)C(=O)NC1(C#N)CC1. The average Bonchev–Trinajstić information content (AvgIpc) is 3.67. The smallest absolute Gasteiger partial charge is 0.413 e. The van der Waals surface area contributed by atoms with Crippen LogP contribution in [0.4, 0.5) is 4.79 Å². The van der Waals surface area contributed by atoms with Gasteiger partial charge in [-0.2, -0.15) is 5.26 Å². The van der Waals surface area contributed by atoms with Crippen LogP contribution in [0.25, 0.3) is 0 Å². The molecule has 2 aliphatic heterocycles. The molecule has 10 nitrogen and oxygen atoms in total. The van der Waals surface area contributed by atoms with Gasteiger partial charge in [-0.25, -0.2) is 9.79 Å². The number of piperidine rings is 1. The van der Waals surface area contributed by atoms with Crippen LogP contribution in [0.5, 0.6) is 0 Å². The Hall–Kier alpha value is -2.38. The molecule has 37 heavy (non-hydrogen) atoms. The van der Waals surface area contributed by atoms with Gasteiger partial charge in [-0.1, -0.05) is 27.2 Å². The van der Waals surface area contributed by atoms with Crippen molar-refractivity contribution < 1.29 is 19.1 Å². The maximum atomic E-state index is 13.3. The fourth-order valence-electron chi connectivity index (χ4n) is 4.58. The van der Waals surface area contributed by atoms with Gasteiger partial charge < -0.3 is 24.6 Å². The molecule has 208 valence electrons. The summed E-state index contributed by atoms with van der Waals surface area (Å²) in [5.74, 6) is 0.638. The number of likely N-dealkylation sites (tertiary alicyclic amines) is 1. The zero-order valence-corrected chi connectivity index (χ0v) is 23.2. The Kier molecular flexibility index (Phi) is 10.6. The van der Waals surface area contributed by atoms with Crippen LogP contribution < -0.4 is 10.6 Å². The van der Waals surface area contributed by atoms with E-state index >= 15 is 0 Å². The molecule has 10 heteroatoms. The summed E-state index contributed by atoms with van der Waals surface area (Å²) in [6.07, 6.45) is 6.14. The molecule has 1 aliphatic carbocycles. The number of amides is 2. The molecular weight excluding hydrogens is 472 g/mol. The van der Waals surface area contributed by atoms with E-state index in [1.165, 1.54) is 0 Å². The quantitative estimate of drug-likeness (QED) is 0.337. The number of hydrogen-bond donors (Lipinski definition) is 2. The zero-order valence-electron chi connectivity index (χ0n) is 23.2. The second-order valence-corrected chi connectivity index (χ2v) is 11.6. The molecule has 1 unspecified atom stereocenters. The molecule has 0 radical (unpaired) electrons. The van der Waals surface area contributed by atoms with Crippen LogP contribution in [0.2, 0.25) is 0 Å². The molecule has 0 aromatic heterocycles. The molecule has 2 N–H and O–H groups in total. The first-order valence-electron chi connectivity index (χ1n) is 13.9. The van der Waals surface area contributed by atoms with E-state index in [2.05, 4.69) is 49.4 Å². The van der Waals surface area contributed by atoms with Crippen LogP contribution in [0.1, 0.15) is 72.1 Å². The van der Waals surface area contributed by atoms with Crippen LogP contribution in [0, 0.1) is 22.7 Å². The van der Waals surface area contributed by atoms with Crippen molar-refractivity contribution in [2.45, 2.75) is 83.7 Å². The van der Waals surface area contributed by atoms with E-state index in [0.717, 1.165) is 45.2 Å². The summed E-state index contributed by atoms with van der Waals surface area (Å²) in [6.45, 7) is 11.2. The van der Waals surface area contributed by atoms with Gasteiger partial charge in [0.2, 0.25) is 11.9 Å². The highest BCUT2D eigenvalue weighted by Crippen LogP contribution is 2.35. The van der Waals surface area contributed by atoms with Crippen molar-refractivity contribution in [1.29, 1.82) is 5.26 Å². The molecule has 1 saturated carbocycles. The van der Waals surface area contributed by atoms with Gasteiger partial charge in [-0.15, -0.1) is 0 Å². The predicted molar refractivity (Wildman–Crippen MR) is 142 cm³/mol. The Morgan fingerprint density at radius 1 is 1.22 bits per heavy atom. The summed E-state index contributed by atoms with van der Waals surface area (Å²) in [5, 5.41) is 15.2. The van der Waals surface area contributed by atoms with Crippen molar-refractivity contribution >= 4 is 18.0 Å². The first kappa shape index (κ1) is 29.2. The normalized spacial score (nSPS) is 21.6. The van der Waals surface area contributed by atoms with E-state index in [0.29, 0.717) is 64.1 Å². The molecule has 2 amide bonds. The highest BCUT2D eigenvalue weighted by Gasteiger charge is 2.45. The van der Waals surface area contributed by atoms with Gasteiger partial charge in [0, 0.05) is 13.1 Å². The molecule has 0 bridgehead atoms. The third-order valence-corrected chi connectivity index (χ3v) is 8.08. The number of rotatable bonds is 10. The number of carbonyl (C=O) groups is 2. The number of aliphatic imine (C=N–C) groups is 1. The number of guanidine groups is 1. The minimum Gasteiger partial charge on any atom is -0.449 e. The minimum absolute atomic E-state index is 0.0555. The Morgan fingerprint density at radius 3 is 2.49 bits per heavy atom. The monoisotopic (exact) mass is 518 g/mol. The van der Waals surface area contributed by atoms with E-state index in [1.807, 2.05) is 4.90 Å². The van der Waals surface area contributed by atoms with Gasteiger partial charge in [0.1, 0.15) is 11.6 Å². The van der Waals surface area contributed by atoms with Gasteiger partial charge in [0.25, 0.3) is 0 Å². The highest BCUT2D eigenvalue weighted by atomic mass is 16.5. The fourth-order valence-corrected chi connectivity index (χ4v) is 4.58. The Balaban J connectivity index is 1.68. The number of morpholine rings is 1. The van der Waals surface area contributed by atoms with E-state index in [-0.39, 0.29) is 11.3 Å². The Labute approximate surface area is 222 Å². The standard InChI is InChI=1S/C27H46N6O4/c1-5-26(2,3)10-6-22(23(34)31-27(20-28)11-12-27)29-24(33-15-18-36-19-16-33)30-25(35)37-17-9-21-7-13-32(4)14-8-21/h21-22H,5-19H2,1-4H3,(H,31,34)(H,29,30,35). The van der Waals surface area contributed by atoms with E-state index in [1.54, 1.807) is 0 Å². The van der Waals surface area contributed by atoms with Crippen molar-refractivity contribution in [1.82, 2.24) is 20.4 Å². The first-order chi connectivity index (χ1) is 17.6. The number of ether oxygens (including phenoxy) is 2. The molecule has 1 atom stereocenters. The lowest BCUT2D eigenvalue weighted by atomic mass is 9.84. The van der Waals surface area contributed by atoms with Crippen LogP contribution >= 0.6 is 0 Å². The van der Waals surface area contributed by atoms with Crippen molar-refractivity contribution in [3.05, 3.63) is 0 Å². The van der Waals surface area contributed by atoms with Crippen LogP contribution in [-0.2, 0) is 14.3 Å². The van der Waals surface area contributed by atoms with Crippen molar-refractivity contribution in [2.75, 3.05) is 53.0 Å². The highest BCUT2D eigenvalue weighted by molar-refractivity contribution is 5.96. The largest absolute Gasteiger partial charge is 0.449 e. The number of carbonyl (C=O) groups excluding carboxylic acids is 2. The lowest BCUT2D eigenvalue weighted by Gasteiger charge is -2.31. The molecule has 2 heterocycles. The second kappa shape index (κ2) is 13.4. The number of alkyl carbamates (subject to hydrolysis) is 1. The second-order valence-electron chi connectivity index (χ2n) is 11.6. The number of hydrogen-bond acceptors (Lipinski definition) is 7. The molecule has 3 rings (SSSR count). The lowest BCUT2D eigenvalue weighted by molar-refractivity contribution is -0.123. The van der Waals surface area contributed by atoms with E-state index < -0.39 is 17.7 Å². The van der Waals surface area contributed by atoms with Crippen molar-refractivity contribution in [3.63, 3.8) is 0 Å². The third kappa shape index (κ3) is 9.46. The predicted octanol–water partition coefficient (Wildman–Crippen LogP) is 2.89. The number of nitrogens with one attached hydrogen (secondary N) is 2. The van der Waals surface area contributed by atoms with Gasteiger partial charge in [-0.3, -0.25) is 10.1 Å². The molecule has 0 spiro atoms. The topological polar surface area (TPSA) is 119 Å². The summed E-state index contributed by atoms with van der Waals surface area (Å²) in [5.41, 5.74) is -0.718. The summed E-state index contributed by atoms with van der Waals surface area (Å²) in [7, 11) is 2.13. The molecule has 0 aromatic carbocycles. The Bertz CT molecular complexity index is 836. The van der Waals surface area contributed by atoms with E-state index in [4.69, 9.17) is 14.5 Å². The van der Waals surface area contributed by atoms with Gasteiger partial charge in [0.05, 0.1) is 25.9 Å². The van der Waals surface area contributed by atoms with Crippen LogP contribution in [0.15, 0.2) is 4.99 Å². The molecule has 3 fully saturated rings. The maximum absolute atomic E-state index is 13.3. The minimum atomic E-state index is -0.773. The van der Waals surface area contributed by atoms with Gasteiger partial charge >= 0.3 is 6.09 Å². The maximum Gasteiger partial charge on any atom is 0.413 e. The summed E-state index contributed by atoms with van der Waals surface area (Å²) >= 11 is 0. The fraction of sp³-hybridized carbons (Fsp3) is 0.852. The summed E-state index contributed by atoms with van der Waals surface area (Å²) in [6, 6.07) is 1.51. The average molecular weight is 519 g/mol. The molecular formula is C27H46N6O4. The lowest BCUT2D eigenvalue weighted by Crippen LogP contribution is -2.51. The van der Waals surface area contributed by atoms with E-state index in [9.17, 15) is 14.9 Å². The summed E-state index contributed by atoms with van der Waals surface area (Å²) in [4.78, 5) is 35.1. The number of nitrogens with zero attached hydrogens (tertiary/aromatic N) is 4. The van der Waals surface area contributed by atoms with Crippen molar-refractivity contribution in [3.8, 4) is 6.07 Å². The zero-order chi connectivity index (χ0) is 26.9.